The van der Waals surface area contributed by atoms with Crippen molar-refractivity contribution in [3.63, 3.8) is 0 Å². The molecule has 1 unspecified atom stereocenters. The molecule has 3 heterocycles. The van der Waals surface area contributed by atoms with E-state index in [2.05, 4.69) is 25.5 Å². The summed E-state index contributed by atoms with van der Waals surface area (Å²) in [5.41, 5.74) is 0.853. The van der Waals surface area contributed by atoms with Gasteiger partial charge < -0.3 is 10.6 Å². The standard InChI is InChI=1S/C18H23N5O2S/c1-13(16(24)22-18-20-8-11-26-18)23-9-5-14(6-10-23)17(25)21-12-15-4-2-3-7-19-15/h2-4,7-8,11,13-14H,5-6,9-10,12H2,1H3,(H,21,25)(H,20,22,24). The van der Waals surface area contributed by atoms with Crippen molar-refractivity contribution < 1.29 is 9.59 Å². The molecular weight excluding hydrogens is 350 g/mol. The van der Waals surface area contributed by atoms with Gasteiger partial charge in [0.2, 0.25) is 11.8 Å². The Bertz CT molecular complexity index is 714. The molecule has 2 aromatic heterocycles. The van der Waals surface area contributed by atoms with Gasteiger partial charge in [-0.25, -0.2) is 4.98 Å². The van der Waals surface area contributed by atoms with Crippen LogP contribution in [0.25, 0.3) is 0 Å². The second kappa shape index (κ2) is 8.86. The molecule has 0 aliphatic carbocycles. The number of carbonyl (C=O) groups is 2. The van der Waals surface area contributed by atoms with Crippen LogP contribution in [0, 0.1) is 5.92 Å². The Kier molecular flexibility index (Phi) is 6.30. The second-order valence-corrected chi connectivity index (χ2v) is 7.25. The molecule has 2 aromatic rings. The molecule has 8 heteroatoms. The van der Waals surface area contributed by atoms with Gasteiger partial charge in [0.1, 0.15) is 0 Å². The van der Waals surface area contributed by atoms with Gasteiger partial charge in [-0.2, -0.15) is 0 Å². The van der Waals surface area contributed by atoms with Crippen LogP contribution in [0.5, 0.6) is 0 Å². The summed E-state index contributed by atoms with van der Waals surface area (Å²) in [5, 5.41) is 8.24. The molecule has 2 amide bonds. The summed E-state index contributed by atoms with van der Waals surface area (Å²) in [6.07, 6.45) is 4.89. The average molecular weight is 373 g/mol. The first-order valence-corrected chi connectivity index (χ1v) is 9.63. The molecule has 0 bridgehead atoms. The van der Waals surface area contributed by atoms with Crippen LogP contribution < -0.4 is 10.6 Å². The number of rotatable bonds is 6. The highest BCUT2D eigenvalue weighted by molar-refractivity contribution is 7.13. The Morgan fingerprint density at radius 1 is 1.27 bits per heavy atom. The smallest absolute Gasteiger partial charge is 0.243 e. The Hall–Kier alpha value is -2.32. The van der Waals surface area contributed by atoms with E-state index >= 15 is 0 Å². The first-order valence-electron chi connectivity index (χ1n) is 8.75. The highest BCUT2D eigenvalue weighted by atomic mass is 32.1. The van der Waals surface area contributed by atoms with E-state index < -0.39 is 0 Å². The number of carbonyl (C=O) groups excluding carboxylic acids is 2. The summed E-state index contributed by atoms with van der Waals surface area (Å²) in [7, 11) is 0. The lowest BCUT2D eigenvalue weighted by Gasteiger charge is -2.34. The van der Waals surface area contributed by atoms with Crippen molar-refractivity contribution in [2.45, 2.75) is 32.4 Å². The molecule has 1 fully saturated rings. The molecule has 2 N–H and O–H groups in total. The van der Waals surface area contributed by atoms with Crippen LogP contribution in [-0.2, 0) is 16.1 Å². The molecule has 0 spiro atoms. The number of piperidine rings is 1. The number of thiazole rings is 1. The Morgan fingerprint density at radius 2 is 2.08 bits per heavy atom. The van der Waals surface area contributed by atoms with Gasteiger partial charge >= 0.3 is 0 Å². The van der Waals surface area contributed by atoms with Crippen LogP contribution in [0.2, 0.25) is 0 Å². The number of nitrogens with zero attached hydrogens (tertiary/aromatic N) is 3. The number of anilines is 1. The zero-order chi connectivity index (χ0) is 18.4. The van der Waals surface area contributed by atoms with Gasteiger partial charge in [0.05, 0.1) is 18.3 Å². The van der Waals surface area contributed by atoms with Crippen molar-refractivity contribution in [1.82, 2.24) is 20.2 Å². The van der Waals surface area contributed by atoms with Gasteiger partial charge in [0.15, 0.2) is 5.13 Å². The van der Waals surface area contributed by atoms with E-state index in [9.17, 15) is 9.59 Å². The maximum Gasteiger partial charge on any atom is 0.243 e. The molecule has 0 aromatic carbocycles. The van der Waals surface area contributed by atoms with Crippen LogP contribution in [0.3, 0.4) is 0 Å². The molecule has 1 aliphatic rings. The van der Waals surface area contributed by atoms with Crippen LogP contribution in [-0.4, -0.2) is 45.8 Å². The maximum atomic E-state index is 12.3. The highest BCUT2D eigenvalue weighted by Crippen LogP contribution is 2.20. The van der Waals surface area contributed by atoms with Crippen LogP contribution in [0.4, 0.5) is 5.13 Å². The number of hydrogen-bond donors (Lipinski definition) is 2. The largest absolute Gasteiger partial charge is 0.350 e. The van der Waals surface area contributed by atoms with Crippen molar-refractivity contribution in [2.75, 3.05) is 18.4 Å². The summed E-state index contributed by atoms with van der Waals surface area (Å²) in [6.45, 7) is 3.80. The Balaban J connectivity index is 1.43. The van der Waals surface area contributed by atoms with Crippen LogP contribution in [0.15, 0.2) is 36.0 Å². The van der Waals surface area contributed by atoms with Crippen molar-refractivity contribution in [3.8, 4) is 0 Å². The van der Waals surface area contributed by atoms with Gasteiger partial charge in [-0.15, -0.1) is 11.3 Å². The monoisotopic (exact) mass is 373 g/mol. The lowest BCUT2D eigenvalue weighted by atomic mass is 9.95. The van der Waals surface area contributed by atoms with Gasteiger partial charge in [-0.3, -0.25) is 19.5 Å². The Labute approximate surface area is 156 Å². The first-order chi connectivity index (χ1) is 12.6. The number of likely N-dealkylation sites (tertiary alicyclic amines) is 1. The molecule has 3 rings (SSSR count). The number of nitrogens with one attached hydrogen (secondary N) is 2. The number of aromatic nitrogens is 2. The van der Waals surface area contributed by atoms with E-state index in [-0.39, 0.29) is 23.8 Å². The predicted octanol–water partition coefficient (Wildman–Crippen LogP) is 1.89. The fourth-order valence-corrected chi connectivity index (χ4v) is 3.57. The summed E-state index contributed by atoms with van der Waals surface area (Å²) in [5.74, 6) is -0.00242. The van der Waals surface area contributed by atoms with E-state index in [4.69, 9.17) is 0 Å². The van der Waals surface area contributed by atoms with Crippen LogP contribution in [0.1, 0.15) is 25.5 Å². The first kappa shape index (κ1) is 18.5. The van der Waals surface area contributed by atoms with E-state index in [0.29, 0.717) is 11.7 Å². The molecule has 26 heavy (non-hydrogen) atoms. The molecule has 138 valence electrons. The summed E-state index contributed by atoms with van der Waals surface area (Å²) in [4.78, 5) is 35.1. The topological polar surface area (TPSA) is 87.2 Å². The number of hydrogen-bond acceptors (Lipinski definition) is 6. The van der Waals surface area contributed by atoms with E-state index in [0.717, 1.165) is 31.6 Å². The molecular formula is C18H23N5O2S. The summed E-state index contributed by atoms with van der Waals surface area (Å²) in [6, 6.07) is 5.42. The maximum absolute atomic E-state index is 12.3. The molecule has 0 saturated carbocycles. The third-order valence-electron chi connectivity index (χ3n) is 4.66. The SMILES string of the molecule is CC(C(=O)Nc1nccs1)N1CCC(C(=O)NCc2ccccn2)CC1. The lowest BCUT2D eigenvalue weighted by Crippen LogP contribution is -2.48. The third kappa shape index (κ3) is 4.86. The Morgan fingerprint density at radius 3 is 2.73 bits per heavy atom. The molecule has 1 saturated heterocycles. The van der Waals surface area contributed by atoms with Gasteiger partial charge in [0, 0.05) is 23.7 Å². The van der Waals surface area contributed by atoms with Crippen molar-refractivity contribution in [3.05, 3.63) is 41.7 Å². The van der Waals surface area contributed by atoms with Gasteiger partial charge in [-0.1, -0.05) is 6.07 Å². The third-order valence-corrected chi connectivity index (χ3v) is 5.35. The lowest BCUT2D eigenvalue weighted by molar-refractivity contribution is -0.127. The number of pyridine rings is 1. The minimum atomic E-state index is -0.239. The minimum absolute atomic E-state index is 0.0100. The normalized spacial score (nSPS) is 16.8. The molecule has 7 nitrogen and oxygen atoms in total. The van der Waals surface area contributed by atoms with Gasteiger partial charge in [-0.05, 0) is 45.0 Å². The van der Waals surface area contributed by atoms with Crippen molar-refractivity contribution >= 4 is 28.3 Å². The quantitative estimate of drug-likeness (QED) is 0.807. The molecule has 1 atom stereocenters. The van der Waals surface area contributed by atoms with E-state index in [1.165, 1.54) is 11.3 Å². The predicted molar refractivity (Wildman–Crippen MR) is 101 cm³/mol. The van der Waals surface area contributed by atoms with Gasteiger partial charge in [0.25, 0.3) is 0 Å². The number of amides is 2. The second-order valence-electron chi connectivity index (χ2n) is 6.35. The minimum Gasteiger partial charge on any atom is -0.350 e. The molecule has 0 radical (unpaired) electrons. The van der Waals surface area contributed by atoms with Crippen molar-refractivity contribution in [2.24, 2.45) is 5.92 Å². The zero-order valence-corrected chi connectivity index (χ0v) is 15.5. The zero-order valence-electron chi connectivity index (χ0n) is 14.7. The highest BCUT2D eigenvalue weighted by Gasteiger charge is 2.29. The molecule has 1 aliphatic heterocycles. The van der Waals surface area contributed by atoms with E-state index in [1.54, 1.807) is 12.4 Å². The van der Waals surface area contributed by atoms with E-state index in [1.807, 2.05) is 30.5 Å². The summed E-state index contributed by atoms with van der Waals surface area (Å²) < 4.78 is 0. The summed E-state index contributed by atoms with van der Waals surface area (Å²) >= 11 is 1.40. The fraction of sp³-hybridized carbons (Fsp3) is 0.444. The average Bonchev–Trinajstić information content (AvgIpc) is 3.19. The van der Waals surface area contributed by atoms with Crippen LogP contribution >= 0.6 is 11.3 Å². The fourth-order valence-electron chi connectivity index (χ4n) is 3.03. The van der Waals surface area contributed by atoms with Crippen molar-refractivity contribution in [1.29, 1.82) is 0 Å².